The molecule has 1 aromatic heterocycles. The number of benzene rings is 2. The predicted molar refractivity (Wildman–Crippen MR) is 105 cm³/mol. The van der Waals surface area contributed by atoms with Gasteiger partial charge in [0.1, 0.15) is 5.25 Å². The maximum atomic E-state index is 13.2. The summed E-state index contributed by atoms with van der Waals surface area (Å²) in [6.07, 6.45) is 3.45. The second-order valence-electron chi connectivity index (χ2n) is 6.24. The Hall–Kier alpha value is -1.85. The van der Waals surface area contributed by atoms with Gasteiger partial charge in [0.15, 0.2) is 4.34 Å². The zero-order valence-corrected chi connectivity index (χ0v) is 15.6. The standard InChI is InChI=1S/C20H20N2OS2/c23-19(22-13-7-2-8-14-22)18(15-9-3-1-4-10-15)25-20-21-16-11-5-6-12-17(16)24-20/h1,3-6,9-12,18H,2,7-8,13-14H2/t18-/m1/s1. The lowest BCUT2D eigenvalue weighted by Crippen LogP contribution is -2.38. The van der Waals surface area contributed by atoms with Crippen molar-refractivity contribution in [2.24, 2.45) is 0 Å². The zero-order chi connectivity index (χ0) is 17.1. The number of aromatic nitrogens is 1. The number of hydrogen-bond donors (Lipinski definition) is 0. The first-order valence-corrected chi connectivity index (χ1v) is 10.4. The molecular formula is C20H20N2OS2. The fourth-order valence-corrected chi connectivity index (χ4v) is 5.51. The number of rotatable bonds is 4. The lowest BCUT2D eigenvalue weighted by molar-refractivity contribution is -0.131. The molecule has 5 heteroatoms. The van der Waals surface area contributed by atoms with Gasteiger partial charge in [-0.25, -0.2) is 4.98 Å². The number of amides is 1. The van der Waals surface area contributed by atoms with Gasteiger partial charge >= 0.3 is 0 Å². The van der Waals surface area contributed by atoms with Gasteiger partial charge in [-0.3, -0.25) is 4.79 Å². The number of carbonyl (C=O) groups excluding carboxylic acids is 1. The molecule has 0 spiro atoms. The van der Waals surface area contributed by atoms with E-state index in [1.807, 2.05) is 53.4 Å². The fraction of sp³-hybridized carbons (Fsp3) is 0.300. The van der Waals surface area contributed by atoms with E-state index in [1.54, 1.807) is 23.1 Å². The topological polar surface area (TPSA) is 33.2 Å². The number of para-hydroxylation sites is 1. The Morgan fingerprint density at radius 2 is 1.72 bits per heavy atom. The number of hydrogen-bond acceptors (Lipinski definition) is 4. The molecule has 1 aliphatic heterocycles. The average molecular weight is 369 g/mol. The van der Waals surface area contributed by atoms with Gasteiger partial charge in [-0.05, 0) is 37.0 Å². The number of carbonyl (C=O) groups is 1. The highest BCUT2D eigenvalue weighted by Crippen LogP contribution is 2.40. The molecule has 128 valence electrons. The molecule has 0 radical (unpaired) electrons. The Morgan fingerprint density at radius 3 is 2.48 bits per heavy atom. The molecule has 0 unspecified atom stereocenters. The lowest BCUT2D eigenvalue weighted by atomic mass is 10.1. The van der Waals surface area contributed by atoms with E-state index in [0.29, 0.717) is 0 Å². The molecule has 0 saturated carbocycles. The molecule has 1 amide bonds. The molecule has 4 rings (SSSR count). The molecule has 2 aromatic carbocycles. The van der Waals surface area contributed by atoms with Gasteiger partial charge in [-0.1, -0.05) is 54.2 Å². The summed E-state index contributed by atoms with van der Waals surface area (Å²) in [6.45, 7) is 1.76. The Balaban J connectivity index is 1.63. The number of nitrogens with zero attached hydrogens (tertiary/aromatic N) is 2. The van der Waals surface area contributed by atoms with Crippen LogP contribution in [0.2, 0.25) is 0 Å². The van der Waals surface area contributed by atoms with Crippen molar-refractivity contribution >= 4 is 39.2 Å². The molecule has 1 aliphatic rings. The minimum absolute atomic E-state index is 0.218. The van der Waals surface area contributed by atoms with Gasteiger partial charge in [0, 0.05) is 13.1 Å². The Labute approximate surface area is 156 Å². The molecule has 0 N–H and O–H groups in total. The molecule has 1 saturated heterocycles. The van der Waals surface area contributed by atoms with Gasteiger partial charge in [-0.2, -0.15) is 0 Å². The number of likely N-dealkylation sites (tertiary alicyclic amines) is 1. The van der Waals surface area contributed by atoms with Crippen molar-refractivity contribution in [1.29, 1.82) is 0 Å². The maximum Gasteiger partial charge on any atom is 0.240 e. The van der Waals surface area contributed by atoms with E-state index >= 15 is 0 Å². The second kappa shape index (κ2) is 7.58. The number of fused-ring (bicyclic) bond motifs is 1. The molecule has 25 heavy (non-hydrogen) atoms. The largest absolute Gasteiger partial charge is 0.341 e. The molecule has 3 nitrogen and oxygen atoms in total. The van der Waals surface area contributed by atoms with Crippen molar-refractivity contribution in [1.82, 2.24) is 9.88 Å². The molecule has 2 heterocycles. The van der Waals surface area contributed by atoms with Crippen LogP contribution in [0.25, 0.3) is 10.2 Å². The Morgan fingerprint density at radius 1 is 1.00 bits per heavy atom. The third-order valence-corrected chi connectivity index (χ3v) is 6.86. The Kier molecular flexibility index (Phi) is 5.04. The van der Waals surface area contributed by atoms with E-state index in [0.717, 1.165) is 41.4 Å². The monoisotopic (exact) mass is 368 g/mol. The normalized spacial score (nSPS) is 16.1. The SMILES string of the molecule is O=C([C@H](Sc1nc2ccccc2s1)c1ccccc1)N1CCCCC1. The summed E-state index contributed by atoms with van der Waals surface area (Å²) in [5.41, 5.74) is 2.06. The highest BCUT2D eigenvalue weighted by atomic mass is 32.2. The maximum absolute atomic E-state index is 13.2. The minimum Gasteiger partial charge on any atom is -0.341 e. The third-order valence-electron chi connectivity index (χ3n) is 4.49. The lowest BCUT2D eigenvalue weighted by Gasteiger charge is -2.30. The van der Waals surface area contributed by atoms with Crippen LogP contribution >= 0.6 is 23.1 Å². The molecule has 1 atom stereocenters. The van der Waals surface area contributed by atoms with E-state index < -0.39 is 0 Å². The number of thiazole rings is 1. The quantitative estimate of drug-likeness (QED) is 0.598. The van der Waals surface area contributed by atoms with Crippen LogP contribution in [0.15, 0.2) is 58.9 Å². The van der Waals surface area contributed by atoms with Crippen LogP contribution in [0.5, 0.6) is 0 Å². The van der Waals surface area contributed by atoms with Crippen LogP contribution in [0.4, 0.5) is 0 Å². The highest BCUT2D eigenvalue weighted by Gasteiger charge is 2.28. The summed E-state index contributed by atoms with van der Waals surface area (Å²) < 4.78 is 2.13. The first-order chi connectivity index (χ1) is 12.3. The first kappa shape index (κ1) is 16.6. The number of piperidine rings is 1. The van der Waals surface area contributed by atoms with Crippen LogP contribution in [0.3, 0.4) is 0 Å². The number of thioether (sulfide) groups is 1. The van der Waals surface area contributed by atoms with Crippen LogP contribution in [0.1, 0.15) is 30.1 Å². The summed E-state index contributed by atoms with van der Waals surface area (Å²) in [4.78, 5) is 19.9. The molecular weight excluding hydrogens is 348 g/mol. The van der Waals surface area contributed by atoms with E-state index in [2.05, 4.69) is 6.07 Å². The van der Waals surface area contributed by atoms with E-state index in [9.17, 15) is 4.79 Å². The van der Waals surface area contributed by atoms with Crippen LogP contribution in [-0.2, 0) is 4.79 Å². The average Bonchev–Trinajstić information content (AvgIpc) is 3.09. The van der Waals surface area contributed by atoms with E-state index in [-0.39, 0.29) is 11.2 Å². The molecule has 1 fully saturated rings. The Bertz CT molecular complexity index is 823. The minimum atomic E-state index is -0.222. The third kappa shape index (κ3) is 3.72. The van der Waals surface area contributed by atoms with Crippen LogP contribution in [0, 0.1) is 0 Å². The van der Waals surface area contributed by atoms with Crippen molar-refractivity contribution in [3.8, 4) is 0 Å². The molecule has 3 aromatic rings. The smallest absolute Gasteiger partial charge is 0.240 e. The van der Waals surface area contributed by atoms with Crippen molar-refractivity contribution in [3.63, 3.8) is 0 Å². The van der Waals surface area contributed by atoms with Crippen LogP contribution in [-0.4, -0.2) is 28.9 Å². The fourth-order valence-electron chi connectivity index (χ4n) is 3.17. The van der Waals surface area contributed by atoms with Crippen LogP contribution < -0.4 is 0 Å². The molecule has 0 aliphatic carbocycles. The second-order valence-corrected chi connectivity index (χ2v) is 8.62. The van der Waals surface area contributed by atoms with Crippen molar-refractivity contribution < 1.29 is 4.79 Å². The van der Waals surface area contributed by atoms with Crippen molar-refractivity contribution in [3.05, 3.63) is 60.2 Å². The zero-order valence-electron chi connectivity index (χ0n) is 13.9. The predicted octanol–water partition coefficient (Wildman–Crippen LogP) is 5.14. The van der Waals surface area contributed by atoms with Crippen molar-refractivity contribution in [2.75, 3.05) is 13.1 Å². The summed E-state index contributed by atoms with van der Waals surface area (Å²) in [7, 11) is 0. The summed E-state index contributed by atoms with van der Waals surface area (Å²) in [5.74, 6) is 0.218. The van der Waals surface area contributed by atoms with Gasteiger partial charge < -0.3 is 4.90 Å². The summed E-state index contributed by atoms with van der Waals surface area (Å²) in [6, 6.07) is 18.2. The summed E-state index contributed by atoms with van der Waals surface area (Å²) in [5, 5.41) is -0.222. The van der Waals surface area contributed by atoms with Crippen molar-refractivity contribution in [2.45, 2.75) is 28.9 Å². The highest BCUT2D eigenvalue weighted by molar-refractivity contribution is 8.02. The van der Waals surface area contributed by atoms with Gasteiger partial charge in [0.2, 0.25) is 5.91 Å². The van der Waals surface area contributed by atoms with Gasteiger partial charge in [0.05, 0.1) is 10.2 Å². The molecule has 0 bridgehead atoms. The van der Waals surface area contributed by atoms with E-state index in [1.165, 1.54) is 11.1 Å². The van der Waals surface area contributed by atoms with Gasteiger partial charge in [0.25, 0.3) is 0 Å². The first-order valence-electron chi connectivity index (χ1n) is 8.67. The van der Waals surface area contributed by atoms with Gasteiger partial charge in [-0.15, -0.1) is 11.3 Å². The summed E-state index contributed by atoms with van der Waals surface area (Å²) >= 11 is 3.25. The van der Waals surface area contributed by atoms with E-state index in [4.69, 9.17) is 4.98 Å².